The molecule has 0 spiro atoms. The van der Waals surface area contributed by atoms with Gasteiger partial charge in [0.1, 0.15) is 5.82 Å². The molecule has 0 aromatic heterocycles. The molecule has 0 saturated heterocycles. The lowest BCUT2D eigenvalue weighted by Gasteiger charge is -2.02. The summed E-state index contributed by atoms with van der Waals surface area (Å²) in [5.41, 5.74) is 1.29. The molecule has 0 unspecified atom stereocenters. The summed E-state index contributed by atoms with van der Waals surface area (Å²) < 4.78 is 13.4. The molecule has 0 heterocycles. The third-order valence-electron chi connectivity index (χ3n) is 1.95. The summed E-state index contributed by atoms with van der Waals surface area (Å²) in [4.78, 5) is 0. The summed E-state index contributed by atoms with van der Waals surface area (Å²) in [6, 6.07) is 14.5. The van der Waals surface area contributed by atoms with Crippen LogP contribution in [-0.2, 0) is 0 Å². The first-order valence-corrected chi connectivity index (χ1v) is 4.57. The Morgan fingerprint density at radius 1 is 1.21 bits per heavy atom. The van der Waals surface area contributed by atoms with Gasteiger partial charge in [-0.3, -0.25) is 0 Å². The second kappa shape index (κ2) is 3.81. The van der Waals surface area contributed by atoms with Gasteiger partial charge in [0.25, 0.3) is 0 Å². The Bertz CT molecular complexity index is 437. The predicted octanol–water partition coefficient (Wildman–Crippen LogP) is 3.95. The van der Waals surface area contributed by atoms with E-state index >= 15 is 0 Å². The third-order valence-corrected chi connectivity index (χ3v) is 2.18. The maximum Gasteiger partial charge on any atom is 0.131 e. The molecule has 0 aliphatic carbocycles. The molecular weight excluding hydrogens is 199 g/mol. The topological polar surface area (TPSA) is 0 Å². The van der Waals surface area contributed by atoms with E-state index in [1.165, 1.54) is 12.1 Å². The van der Waals surface area contributed by atoms with Crippen LogP contribution in [0.4, 0.5) is 4.39 Å². The van der Waals surface area contributed by atoms with Crippen LogP contribution in [0.25, 0.3) is 11.1 Å². The molecule has 0 atom stereocenters. The fraction of sp³-hybridized carbons (Fsp3) is 0. The molecule has 1 radical (unpaired) electrons. The number of hydrogen-bond acceptors (Lipinski definition) is 0. The van der Waals surface area contributed by atoms with Gasteiger partial charge in [-0.15, -0.1) is 0 Å². The van der Waals surface area contributed by atoms with Gasteiger partial charge in [-0.25, -0.2) is 4.39 Å². The van der Waals surface area contributed by atoms with Crippen molar-refractivity contribution in [3.8, 4) is 11.1 Å². The van der Waals surface area contributed by atoms with Crippen LogP contribution in [0, 0.1) is 11.9 Å². The van der Waals surface area contributed by atoms with Crippen molar-refractivity contribution in [1.82, 2.24) is 0 Å². The third kappa shape index (κ3) is 1.78. The van der Waals surface area contributed by atoms with Crippen LogP contribution < -0.4 is 0 Å². The number of hydrogen-bond donors (Lipinski definition) is 0. The fourth-order valence-corrected chi connectivity index (χ4v) is 1.45. The molecule has 0 fully saturated rings. The van der Waals surface area contributed by atoms with Crippen molar-refractivity contribution in [1.29, 1.82) is 0 Å². The summed E-state index contributed by atoms with van der Waals surface area (Å²) in [7, 11) is 0. The Kier molecular flexibility index (Phi) is 2.51. The van der Waals surface area contributed by atoms with Gasteiger partial charge >= 0.3 is 0 Å². The minimum atomic E-state index is -0.269. The SMILES string of the molecule is Fc1ccc(Cl)cc1-c1c[c]ccc1. The lowest BCUT2D eigenvalue weighted by Crippen LogP contribution is -1.83. The van der Waals surface area contributed by atoms with Crippen molar-refractivity contribution in [2.24, 2.45) is 0 Å². The van der Waals surface area contributed by atoms with Gasteiger partial charge in [0.15, 0.2) is 0 Å². The second-order valence-corrected chi connectivity index (χ2v) is 3.35. The first-order valence-electron chi connectivity index (χ1n) is 4.19. The van der Waals surface area contributed by atoms with Gasteiger partial charge in [0, 0.05) is 10.6 Å². The largest absolute Gasteiger partial charge is 0.206 e. The lowest BCUT2D eigenvalue weighted by molar-refractivity contribution is 0.631. The van der Waals surface area contributed by atoms with Gasteiger partial charge < -0.3 is 0 Å². The Morgan fingerprint density at radius 3 is 2.79 bits per heavy atom. The monoisotopic (exact) mass is 205 g/mol. The van der Waals surface area contributed by atoms with Gasteiger partial charge in [0.05, 0.1) is 0 Å². The highest BCUT2D eigenvalue weighted by Crippen LogP contribution is 2.25. The molecule has 2 aromatic carbocycles. The summed E-state index contributed by atoms with van der Waals surface area (Å²) in [6.45, 7) is 0. The molecule has 2 rings (SSSR count). The average Bonchev–Trinajstić information content (AvgIpc) is 2.23. The molecule has 0 bridgehead atoms. The van der Waals surface area contributed by atoms with Crippen molar-refractivity contribution < 1.29 is 4.39 Å². The minimum absolute atomic E-state index is 0.269. The van der Waals surface area contributed by atoms with Crippen LogP contribution in [0.3, 0.4) is 0 Å². The highest BCUT2D eigenvalue weighted by molar-refractivity contribution is 6.30. The molecule has 0 aliphatic rings. The molecule has 0 saturated carbocycles. The standard InChI is InChI=1S/C12H7ClF/c13-10-6-7-12(14)11(8-10)9-4-2-1-3-5-9/h1-2,4-8H. The van der Waals surface area contributed by atoms with Crippen molar-refractivity contribution >= 4 is 11.6 Å². The normalized spacial score (nSPS) is 10.1. The van der Waals surface area contributed by atoms with E-state index in [0.717, 1.165) is 5.56 Å². The zero-order valence-corrected chi connectivity index (χ0v) is 8.05. The Balaban J connectivity index is 2.57. The highest BCUT2D eigenvalue weighted by atomic mass is 35.5. The van der Waals surface area contributed by atoms with Crippen molar-refractivity contribution in [3.05, 3.63) is 59.4 Å². The van der Waals surface area contributed by atoms with Crippen LogP contribution in [0.15, 0.2) is 42.5 Å². The zero-order valence-electron chi connectivity index (χ0n) is 7.30. The Morgan fingerprint density at radius 2 is 2.07 bits per heavy atom. The summed E-state index contributed by atoms with van der Waals surface area (Å²) in [5, 5.41) is 0.533. The average molecular weight is 206 g/mol. The van der Waals surface area contributed by atoms with Crippen LogP contribution in [-0.4, -0.2) is 0 Å². The summed E-state index contributed by atoms with van der Waals surface area (Å²) >= 11 is 5.79. The molecule has 0 amide bonds. The molecule has 14 heavy (non-hydrogen) atoms. The van der Waals surface area contributed by atoms with Crippen LogP contribution >= 0.6 is 11.6 Å². The van der Waals surface area contributed by atoms with Crippen LogP contribution in [0.1, 0.15) is 0 Å². The molecular formula is C12H7ClF. The molecule has 2 aromatic rings. The Labute approximate surface area is 87.0 Å². The number of rotatable bonds is 1. The van der Waals surface area contributed by atoms with E-state index in [4.69, 9.17) is 11.6 Å². The van der Waals surface area contributed by atoms with Crippen molar-refractivity contribution in [2.75, 3.05) is 0 Å². The van der Waals surface area contributed by atoms with E-state index in [-0.39, 0.29) is 5.82 Å². The predicted molar refractivity (Wildman–Crippen MR) is 55.7 cm³/mol. The van der Waals surface area contributed by atoms with E-state index in [2.05, 4.69) is 6.07 Å². The van der Waals surface area contributed by atoms with Crippen LogP contribution in [0.2, 0.25) is 5.02 Å². The molecule has 0 aliphatic heterocycles. The maximum absolute atomic E-state index is 13.4. The van der Waals surface area contributed by atoms with E-state index in [1.54, 1.807) is 18.2 Å². The van der Waals surface area contributed by atoms with Gasteiger partial charge in [-0.1, -0.05) is 29.8 Å². The fourth-order valence-electron chi connectivity index (χ4n) is 1.28. The van der Waals surface area contributed by atoms with Crippen molar-refractivity contribution in [2.45, 2.75) is 0 Å². The summed E-state index contributed by atoms with van der Waals surface area (Å²) in [6.07, 6.45) is 0. The van der Waals surface area contributed by atoms with Crippen LogP contribution in [0.5, 0.6) is 0 Å². The smallest absolute Gasteiger partial charge is 0.131 e. The van der Waals surface area contributed by atoms with E-state index in [0.29, 0.717) is 10.6 Å². The highest BCUT2D eigenvalue weighted by Gasteiger charge is 2.04. The maximum atomic E-state index is 13.4. The first kappa shape index (κ1) is 9.22. The van der Waals surface area contributed by atoms with E-state index in [1.807, 2.05) is 12.1 Å². The minimum Gasteiger partial charge on any atom is -0.206 e. The molecule has 0 N–H and O–H groups in total. The summed E-state index contributed by atoms with van der Waals surface area (Å²) in [5.74, 6) is -0.269. The van der Waals surface area contributed by atoms with E-state index in [9.17, 15) is 4.39 Å². The number of halogens is 2. The Hall–Kier alpha value is -1.34. The van der Waals surface area contributed by atoms with E-state index < -0.39 is 0 Å². The van der Waals surface area contributed by atoms with Gasteiger partial charge in [-0.2, -0.15) is 0 Å². The quantitative estimate of drug-likeness (QED) is 0.662. The van der Waals surface area contributed by atoms with Gasteiger partial charge in [0.2, 0.25) is 0 Å². The van der Waals surface area contributed by atoms with Gasteiger partial charge in [-0.05, 0) is 35.9 Å². The zero-order chi connectivity index (χ0) is 9.97. The molecule has 0 nitrogen and oxygen atoms in total. The van der Waals surface area contributed by atoms with Crippen molar-refractivity contribution in [3.63, 3.8) is 0 Å². The number of benzene rings is 2. The second-order valence-electron chi connectivity index (χ2n) is 2.92. The lowest BCUT2D eigenvalue weighted by atomic mass is 10.1. The molecule has 2 heteroatoms. The molecule has 69 valence electrons. The first-order chi connectivity index (χ1) is 6.77.